The number of rotatable bonds is 4. The van der Waals surface area contributed by atoms with Crippen LogP contribution >= 0.6 is 0 Å². The fraction of sp³-hybridized carbons (Fsp3) is 0.600. The minimum atomic E-state index is -5.01. The molecule has 0 bridgehead atoms. The van der Waals surface area contributed by atoms with Crippen LogP contribution in [0.15, 0.2) is 35.9 Å². The Bertz CT molecular complexity index is 746. The summed E-state index contributed by atoms with van der Waals surface area (Å²) in [5.74, 6) is -1.10. The van der Waals surface area contributed by atoms with E-state index < -0.39 is 23.4 Å². The zero-order valence-electron chi connectivity index (χ0n) is 17.7. The van der Waals surface area contributed by atoms with Crippen molar-refractivity contribution in [1.82, 2.24) is 0 Å². The van der Waals surface area contributed by atoms with Crippen molar-refractivity contribution in [2.45, 2.75) is 77.3 Å². The second-order valence-corrected chi connectivity index (χ2v) is 9.27. The molecule has 2 saturated carbocycles. The summed E-state index contributed by atoms with van der Waals surface area (Å²) in [5, 5.41) is 0. The highest BCUT2D eigenvalue weighted by Gasteiger charge is 2.39. The minimum absolute atomic E-state index is 0.0594. The molecule has 2 aliphatic carbocycles. The van der Waals surface area contributed by atoms with Crippen LogP contribution in [-0.4, -0.2) is 0 Å². The second kappa shape index (κ2) is 9.65. The van der Waals surface area contributed by atoms with Gasteiger partial charge in [0.15, 0.2) is 0 Å². The molecule has 2 aliphatic rings. The highest BCUT2D eigenvalue weighted by atomic mass is 19.4. The van der Waals surface area contributed by atoms with Crippen molar-refractivity contribution >= 4 is 0 Å². The van der Waals surface area contributed by atoms with Gasteiger partial charge >= 0.3 is 6.18 Å². The number of halogens is 5. The molecule has 0 aromatic heterocycles. The molecule has 1 aromatic rings. The average molecular weight is 427 g/mol. The zero-order valence-corrected chi connectivity index (χ0v) is 17.7. The van der Waals surface area contributed by atoms with Gasteiger partial charge in [-0.25, -0.2) is 8.78 Å². The van der Waals surface area contributed by atoms with Crippen LogP contribution in [0.3, 0.4) is 0 Å². The number of hydrogen-bond donors (Lipinski definition) is 0. The number of allylic oxidation sites excluding steroid dienone is 4. The lowest BCUT2D eigenvalue weighted by Crippen LogP contribution is -2.25. The fourth-order valence-corrected chi connectivity index (χ4v) is 5.24. The van der Waals surface area contributed by atoms with Crippen molar-refractivity contribution in [3.05, 3.63) is 58.7 Å². The first kappa shape index (κ1) is 23.0. The highest BCUT2D eigenvalue weighted by Crippen LogP contribution is 2.45. The first-order valence-electron chi connectivity index (χ1n) is 11.0. The van der Waals surface area contributed by atoms with Crippen molar-refractivity contribution in [1.29, 1.82) is 0 Å². The average Bonchev–Trinajstić information content (AvgIpc) is 2.67. The standard InChI is InChI=1S/C25H31F5/c1-16(2)4-3-5-17-6-8-18(9-7-17)19-10-12-20(13-11-19)21-14-22(26)24(23(27)15-21)25(28,29)30/h3-5,14-15,17-20H,6-13H2,1-2H3/b5-3+. The summed E-state index contributed by atoms with van der Waals surface area (Å²) in [6.45, 7) is 4.18. The van der Waals surface area contributed by atoms with Gasteiger partial charge in [0.05, 0.1) is 0 Å². The van der Waals surface area contributed by atoms with Crippen LogP contribution in [0.5, 0.6) is 0 Å². The molecule has 0 heterocycles. The molecule has 1 aromatic carbocycles. The molecule has 2 fully saturated rings. The first-order chi connectivity index (χ1) is 14.1. The smallest absolute Gasteiger partial charge is 0.206 e. The molecule has 0 radical (unpaired) electrons. The van der Waals surface area contributed by atoms with E-state index in [0.717, 1.165) is 37.8 Å². The normalized spacial score (nSPS) is 28.0. The summed E-state index contributed by atoms with van der Waals surface area (Å²) in [7, 11) is 0. The van der Waals surface area contributed by atoms with Gasteiger partial charge in [0, 0.05) is 0 Å². The molecule has 5 heteroatoms. The molecule has 3 rings (SSSR count). The summed E-state index contributed by atoms with van der Waals surface area (Å²) in [6, 6.07) is 1.78. The maximum absolute atomic E-state index is 13.9. The van der Waals surface area contributed by atoms with Crippen LogP contribution in [-0.2, 0) is 6.18 Å². The monoisotopic (exact) mass is 426 g/mol. The Morgan fingerprint density at radius 1 is 0.833 bits per heavy atom. The van der Waals surface area contributed by atoms with E-state index in [1.165, 1.54) is 31.3 Å². The van der Waals surface area contributed by atoms with Gasteiger partial charge < -0.3 is 0 Å². The summed E-state index contributed by atoms with van der Waals surface area (Å²) >= 11 is 0. The number of alkyl halides is 3. The van der Waals surface area contributed by atoms with Gasteiger partial charge in [0.2, 0.25) is 0 Å². The molecule has 0 atom stereocenters. The zero-order chi connectivity index (χ0) is 21.9. The van der Waals surface area contributed by atoms with E-state index in [-0.39, 0.29) is 5.92 Å². The van der Waals surface area contributed by atoms with Crippen molar-refractivity contribution in [2.24, 2.45) is 17.8 Å². The first-order valence-corrected chi connectivity index (χ1v) is 11.0. The SMILES string of the molecule is CC(C)=C/C=C/C1CCC(C2CCC(c3cc(F)c(C(F)(F)F)c(F)c3)CC2)CC1. The summed E-state index contributed by atoms with van der Waals surface area (Å²) < 4.78 is 66.2. The lowest BCUT2D eigenvalue weighted by Gasteiger charge is -2.37. The maximum atomic E-state index is 13.9. The third kappa shape index (κ3) is 5.73. The maximum Gasteiger partial charge on any atom is 0.422 e. The van der Waals surface area contributed by atoms with Gasteiger partial charge in [0.25, 0.3) is 0 Å². The van der Waals surface area contributed by atoms with E-state index in [1.807, 2.05) is 0 Å². The molecule has 0 unspecified atom stereocenters. The van der Waals surface area contributed by atoms with Crippen molar-refractivity contribution in [3.63, 3.8) is 0 Å². The van der Waals surface area contributed by atoms with Gasteiger partial charge in [-0.2, -0.15) is 13.2 Å². The highest BCUT2D eigenvalue weighted by molar-refractivity contribution is 5.30. The van der Waals surface area contributed by atoms with Gasteiger partial charge in [-0.1, -0.05) is 23.8 Å². The molecule has 0 aliphatic heterocycles. The van der Waals surface area contributed by atoms with Crippen LogP contribution in [0.2, 0.25) is 0 Å². The van der Waals surface area contributed by atoms with E-state index in [2.05, 4.69) is 32.1 Å². The van der Waals surface area contributed by atoms with Crippen molar-refractivity contribution in [2.75, 3.05) is 0 Å². The van der Waals surface area contributed by atoms with Gasteiger partial charge in [-0.15, -0.1) is 0 Å². The van der Waals surface area contributed by atoms with Crippen LogP contribution in [0.4, 0.5) is 22.0 Å². The number of hydrogen-bond acceptors (Lipinski definition) is 0. The Morgan fingerprint density at radius 2 is 1.33 bits per heavy atom. The van der Waals surface area contributed by atoms with E-state index >= 15 is 0 Å². The van der Waals surface area contributed by atoms with Crippen LogP contribution in [0.1, 0.15) is 82.3 Å². The summed E-state index contributed by atoms with van der Waals surface area (Å²) in [5.41, 5.74) is -0.121. The molecule has 0 saturated heterocycles. The molecule has 0 amide bonds. The lowest BCUT2D eigenvalue weighted by atomic mass is 9.68. The van der Waals surface area contributed by atoms with Crippen molar-refractivity contribution in [3.8, 4) is 0 Å². The fourth-order valence-electron chi connectivity index (χ4n) is 5.24. The Balaban J connectivity index is 1.53. The van der Waals surface area contributed by atoms with E-state index in [1.54, 1.807) is 0 Å². The lowest BCUT2D eigenvalue weighted by molar-refractivity contribution is -0.142. The number of benzene rings is 1. The third-order valence-electron chi connectivity index (χ3n) is 6.89. The van der Waals surface area contributed by atoms with Gasteiger partial charge in [0.1, 0.15) is 17.2 Å². The topological polar surface area (TPSA) is 0 Å². The Hall–Kier alpha value is -1.65. The predicted molar refractivity (Wildman–Crippen MR) is 110 cm³/mol. The quantitative estimate of drug-likeness (QED) is 0.334. The second-order valence-electron chi connectivity index (χ2n) is 9.27. The summed E-state index contributed by atoms with van der Waals surface area (Å²) in [6.07, 6.45) is 9.97. The molecule has 30 heavy (non-hydrogen) atoms. The molecular weight excluding hydrogens is 395 g/mol. The molecule has 166 valence electrons. The molecule has 0 N–H and O–H groups in total. The van der Waals surface area contributed by atoms with Crippen LogP contribution in [0.25, 0.3) is 0 Å². The predicted octanol–water partition coefficient (Wildman–Crippen LogP) is 8.59. The van der Waals surface area contributed by atoms with Crippen LogP contribution in [0, 0.1) is 29.4 Å². The Kier molecular flexibility index (Phi) is 7.41. The molecule has 0 nitrogen and oxygen atoms in total. The Labute approximate surface area is 176 Å². The largest absolute Gasteiger partial charge is 0.422 e. The van der Waals surface area contributed by atoms with Crippen molar-refractivity contribution < 1.29 is 22.0 Å². The van der Waals surface area contributed by atoms with E-state index in [9.17, 15) is 22.0 Å². The molecule has 0 spiro atoms. The molecular formula is C25H31F5. The summed E-state index contributed by atoms with van der Waals surface area (Å²) in [4.78, 5) is 0. The van der Waals surface area contributed by atoms with Gasteiger partial charge in [-0.05, 0) is 107 Å². The van der Waals surface area contributed by atoms with E-state index in [0.29, 0.717) is 23.3 Å². The van der Waals surface area contributed by atoms with Crippen LogP contribution < -0.4 is 0 Å². The van der Waals surface area contributed by atoms with E-state index in [4.69, 9.17) is 0 Å². The minimum Gasteiger partial charge on any atom is -0.206 e. The van der Waals surface area contributed by atoms with Gasteiger partial charge in [-0.3, -0.25) is 0 Å². The third-order valence-corrected chi connectivity index (χ3v) is 6.89. The Morgan fingerprint density at radius 3 is 1.80 bits per heavy atom.